The van der Waals surface area contributed by atoms with Crippen LogP contribution in [0.2, 0.25) is 0 Å². The summed E-state index contributed by atoms with van der Waals surface area (Å²) in [6.45, 7) is 4.22. The molecule has 0 atom stereocenters. The summed E-state index contributed by atoms with van der Waals surface area (Å²) in [5.74, 6) is 0.789. The van der Waals surface area contributed by atoms with E-state index < -0.39 is 23.3 Å². The Labute approximate surface area is 476 Å². The van der Waals surface area contributed by atoms with Gasteiger partial charge in [-0.15, -0.1) is 5.10 Å². The van der Waals surface area contributed by atoms with E-state index >= 15 is 0 Å². The minimum absolute atomic E-state index is 0.174. The van der Waals surface area contributed by atoms with E-state index in [0.717, 1.165) is 73.4 Å². The summed E-state index contributed by atoms with van der Waals surface area (Å²) in [6, 6.07) is 34.3. The number of halogens is 4. The fraction of sp³-hybridized carbons (Fsp3) is 0.180. The van der Waals surface area contributed by atoms with Crippen LogP contribution in [0.4, 0.5) is 17.6 Å². The summed E-state index contributed by atoms with van der Waals surface area (Å²) in [7, 11) is 1.43. The van der Waals surface area contributed by atoms with Gasteiger partial charge in [0.2, 0.25) is 5.88 Å². The van der Waals surface area contributed by atoms with Gasteiger partial charge in [-0.05, 0) is 59.7 Å². The van der Waals surface area contributed by atoms with Crippen molar-refractivity contribution in [1.82, 2.24) is 79.3 Å². The first-order valence-electron chi connectivity index (χ1n) is 26.8. The maximum absolute atomic E-state index is 15.0. The number of hydrogen-bond acceptors (Lipinski definition) is 15. The molecule has 2 fully saturated rings. The van der Waals surface area contributed by atoms with Gasteiger partial charge in [0.25, 0.3) is 0 Å². The summed E-state index contributed by atoms with van der Waals surface area (Å²) in [5, 5.41) is 42.9. The Bertz CT molecular complexity index is 4280. The van der Waals surface area contributed by atoms with Gasteiger partial charge in [-0.25, -0.2) is 46.5 Å². The summed E-state index contributed by atoms with van der Waals surface area (Å²) in [4.78, 5) is 31.9. The zero-order valence-electron chi connectivity index (χ0n) is 44.8. The first-order chi connectivity index (χ1) is 41.1. The minimum Gasteiger partial charge on any atom is -0.480 e. The van der Waals surface area contributed by atoms with Gasteiger partial charge in [0.05, 0.1) is 54.6 Å². The number of aliphatic hydroxyl groups excluding tert-OH is 2. The van der Waals surface area contributed by atoms with Crippen molar-refractivity contribution in [2.75, 3.05) is 33.3 Å². The van der Waals surface area contributed by atoms with Crippen molar-refractivity contribution in [3.05, 3.63) is 209 Å². The van der Waals surface area contributed by atoms with Crippen LogP contribution in [0.1, 0.15) is 45.7 Å². The van der Waals surface area contributed by atoms with Crippen LogP contribution in [0, 0.1) is 23.3 Å². The third kappa shape index (κ3) is 10.4. The van der Waals surface area contributed by atoms with Crippen LogP contribution in [-0.4, -0.2) is 123 Å². The Morgan fingerprint density at radius 2 is 1.02 bits per heavy atom. The second-order valence-corrected chi connectivity index (χ2v) is 20.4. The molecule has 12 aromatic rings. The van der Waals surface area contributed by atoms with Crippen molar-refractivity contribution in [3.63, 3.8) is 0 Å². The fourth-order valence-corrected chi connectivity index (χ4v) is 10.6. The highest BCUT2D eigenvalue weighted by atomic mass is 19.1. The van der Waals surface area contributed by atoms with Crippen molar-refractivity contribution in [2.45, 2.75) is 38.1 Å². The molecule has 420 valence electrons. The molecule has 14 rings (SSSR count). The maximum Gasteiger partial charge on any atom is 0.240 e. The number of aromatic nitrogens is 14. The van der Waals surface area contributed by atoms with Gasteiger partial charge in [0.1, 0.15) is 46.3 Å². The molecule has 0 bridgehead atoms. The van der Waals surface area contributed by atoms with Crippen LogP contribution < -0.4 is 4.74 Å². The van der Waals surface area contributed by atoms with Crippen LogP contribution >= 0.6 is 0 Å². The number of nitrogens with one attached hydrogen (secondary N) is 2. The number of H-pyrrole nitrogens is 2. The van der Waals surface area contributed by atoms with Crippen molar-refractivity contribution in [2.24, 2.45) is 0 Å². The lowest BCUT2D eigenvalue weighted by Crippen LogP contribution is -2.44. The van der Waals surface area contributed by atoms with E-state index in [2.05, 4.69) is 60.3 Å². The second-order valence-electron chi connectivity index (χ2n) is 20.4. The van der Waals surface area contributed by atoms with Crippen LogP contribution in [0.3, 0.4) is 0 Å². The van der Waals surface area contributed by atoms with Crippen molar-refractivity contribution in [3.8, 4) is 73.7 Å². The van der Waals surface area contributed by atoms with E-state index in [-0.39, 0.29) is 53.2 Å². The second kappa shape index (κ2) is 22.8. The molecule has 4 aromatic carbocycles. The number of pyridine rings is 2. The monoisotopic (exact) mass is 1130 g/mol. The fourth-order valence-electron chi connectivity index (χ4n) is 10.6. The van der Waals surface area contributed by atoms with Gasteiger partial charge in [-0.1, -0.05) is 72.8 Å². The highest BCUT2D eigenvalue weighted by molar-refractivity contribution is 5.84. The number of ether oxygens (including phenoxy) is 1. The SMILES string of the molecule is COc1nn2cc(-c3c(F)cccc3F)c(-c3ccc(CN4CC(c5nc(-c6ccccn6)n[nH]5)C4)cc3)nc2c1CO.OCc1cnn2cc(-c3c(F)cccc3F)c(-c3ccc(CN4CC(c5nc(-c6ccccn6)n[nH]5)C4)cc3)nc12. The number of nitrogens with zero attached hydrogens (tertiary/aromatic N) is 14. The van der Waals surface area contributed by atoms with Gasteiger partial charge in [-0.3, -0.25) is 30.0 Å². The zero-order chi connectivity index (χ0) is 57.4. The molecule has 2 aliphatic heterocycles. The average Bonchev–Trinajstić information content (AvgIpc) is 4.46. The Hall–Kier alpha value is -9.94. The first-order valence-corrected chi connectivity index (χ1v) is 26.8. The third-order valence-corrected chi connectivity index (χ3v) is 15.0. The minimum atomic E-state index is -0.716. The van der Waals surface area contributed by atoms with Gasteiger partial charge in [0, 0.05) is 104 Å². The number of methoxy groups -OCH3 is 1. The van der Waals surface area contributed by atoms with E-state index in [4.69, 9.17) is 14.7 Å². The van der Waals surface area contributed by atoms with Gasteiger partial charge >= 0.3 is 0 Å². The highest BCUT2D eigenvalue weighted by Gasteiger charge is 2.33. The molecule has 0 spiro atoms. The Morgan fingerprint density at radius 3 is 1.46 bits per heavy atom. The van der Waals surface area contributed by atoms with Gasteiger partial charge in [0.15, 0.2) is 22.9 Å². The van der Waals surface area contributed by atoms with E-state index in [1.807, 2.05) is 84.9 Å². The molecule has 2 aliphatic rings. The Kier molecular flexibility index (Phi) is 14.5. The van der Waals surface area contributed by atoms with Crippen molar-refractivity contribution < 1.29 is 32.5 Å². The predicted octanol–water partition coefficient (Wildman–Crippen LogP) is 9.24. The van der Waals surface area contributed by atoms with Crippen LogP contribution in [0.5, 0.6) is 5.88 Å². The molecule has 19 nitrogen and oxygen atoms in total. The van der Waals surface area contributed by atoms with Crippen LogP contribution in [0.15, 0.2) is 152 Å². The molecule has 0 aliphatic carbocycles. The molecule has 84 heavy (non-hydrogen) atoms. The smallest absolute Gasteiger partial charge is 0.240 e. The van der Waals surface area contributed by atoms with Crippen LogP contribution in [-0.2, 0) is 26.3 Å². The normalized spacial score (nSPS) is 13.9. The number of aliphatic hydroxyl groups is 2. The molecule has 0 saturated carbocycles. The molecule has 4 N–H and O–H groups in total. The largest absolute Gasteiger partial charge is 0.480 e. The third-order valence-electron chi connectivity index (χ3n) is 15.0. The summed E-state index contributed by atoms with van der Waals surface area (Å²) >= 11 is 0. The van der Waals surface area contributed by atoms with E-state index in [1.54, 1.807) is 18.6 Å². The van der Waals surface area contributed by atoms with Crippen molar-refractivity contribution >= 4 is 11.3 Å². The Morgan fingerprint density at radius 1 is 0.548 bits per heavy atom. The number of fused-ring (bicyclic) bond motifs is 2. The predicted molar refractivity (Wildman–Crippen MR) is 301 cm³/mol. The molecule has 2 saturated heterocycles. The number of benzene rings is 4. The Balaban J connectivity index is 0.000000157. The molecule has 8 aromatic heterocycles. The van der Waals surface area contributed by atoms with E-state index in [1.165, 1.54) is 64.9 Å². The standard InChI is InChI=1S/C31H26F2N8O2.C30H24F2N8O/c1-43-31-22(17-42)30-35-27(21(16-41(30)39-31)26-23(32)5-4-6-24(26)33)19-10-8-18(9-11-19)13-40-14-20(15-40)28-36-29(38-37-28)25-7-2-3-12-34-25;31-23-4-3-5-24(32)26(23)22-16-40-30(20(17-41)12-34-40)35-27(22)19-9-7-18(8-10-19)13-39-14-21(15-39)28-36-29(38-37-28)25-6-1-2-11-33-25/h2-12,16,20,42H,13-15,17H2,1H3,(H,36,37,38);1-12,16,21,41H,13-15,17H2,(H,36,37,38). The number of hydrogen-bond donors (Lipinski definition) is 4. The molecule has 0 amide bonds. The summed E-state index contributed by atoms with van der Waals surface area (Å²) < 4.78 is 67.7. The lowest BCUT2D eigenvalue weighted by molar-refractivity contribution is 0.135. The maximum atomic E-state index is 15.0. The lowest BCUT2D eigenvalue weighted by Gasteiger charge is -2.38. The molecule has 0 radical (unpaired) electrons. The lowest BCUT2D eigenvalue weighted by atomic mass is 9.97. The van der Waals surface area contributed by atoms with Crippen LogP contribution in [0.25, 0.3) is 79.1 Å². The zero-order valence-corrected chi connectivity index (χ0v) is 44.8. The summed E-state index contributed by atoms with van der Waals surface area (Å²) in [6.07, 6.45) is 8.00. The molecular weight excluding hydrogens is 1080 g/mol. The van der Waals surface area contributed by atoms with E-state index in [0.29, 0.717) is 56.6 Å². The summed E-state index contributed by atoms with van der Waals surface area (Å²) in [5.41, 5.74) is 7.57. The van der Waals surface area contributed by atoms with E-state index in [9.17, 15) is 27.8 Å². The number of rotatable bonds is 15. The number of likely N-dealkylation sites (tertiary alicyclic amines) is 2. The topological polar surface area (TPSA) is 225 Å². The van der Waals surface area contributed by atoms with Gasteiger partial charge < -0.3 is 14.9 Å². The van der Waals surface area contributed by atoms with Gasteiger partial charge in [-0.2, -0.15) is 15.3 Å². The highest BCUT2D eigenvalue weighted by Crippen LogP contribution is 2.38. The first kappa shape index (κ1) is 53.4. The molecular formula is C61H50F4N16O3. The quantitative estimate of drug-likeness (QED) is 0.0702. The average molecular weight is 1130 g/mol. The number of aromatic amines is 2. The molecule has 10 heterocycles. The molecule has 23 heteroatoms. The molecule has 0 unspecified atom stereocenters. The van der Waals surface area contributed by atoms with Crippen molar-refractivity contribution in [1.29, 1.82) is 0 Å².